The molecule has 90 valence electrons. The van der Waals surface area contributed by atoms with Gasteiger partial charge in [-0.05, 0) is 24.1 Å². The third kappa shape index (κ3) is 2.66. The molecule has 1 saturated heterocycles. The van der Waals surface area contributed by atoms with E-state index in [2.05, 4.69) is 15.9 Å². The molecule has 1 aliphatic rings. The Balaban J connectivity index is 2.13. The van der Waals surface area contributed by atoms with Crippen molar-refractivity contribution in [3.63, 3.8) is 0 Å². The van der Waals surface area contributed by atoms with Gasteiger partial charge in [-0.3, -0.25) is 4.79 Å². The summed E-state index contributed by atoms with van der Waals surface area (Å²) in [6.45, 7) is 1.64. The second-order valence-electron chi connectivity index (χ2n) is 3.95. The first-order valence-electron chi connectivity index (χ1n) is 5.29. The largest absolute Gasteiger partial charge is 0.447 e. The molecule has 1 atom stereocenters. The number of nitrogens with zero attached hydrogens (tertiary/aromatic N) is 1. The van der Waals surface area contributed by atoms with Crippen molar-refractivity contribution in [3.8, 4) is 0 Å². The normalized spacial score (nSPS) is 19.3. The minimum atomic E-state index is -0.544. The molecular weight excluding hydrogens is 286 g/mol. The molecule has 1 aliphatic heterocycles. The summed E-state index contributed by atoms with van der Waals surface area (Å²) >= 11 is 3.39. The molecular formula is C12H12BrNO3. The Morgan fingerprint density at radius 1 is 1.59 bits per heavy atom. The highest BCUT2D eigenvalue weighted by Gasteiger charge is 2.35. The number of cyclic esters (lactones) is 1. The van der Waals surface area contributed by atoms with Crippen LogP contribution >= 0.6 is 15.9 Å². The van der Waals surface area contributed by atoms with E-state index in [1.165, 1.54) is 11.8 Å². The van der Waals surface area contributed by atoms with Crippen LogP contribution in [-0.4, -0.2) is 29.5 Å². The molecule has 17 heavy (non-hydrogen) atoms. The highest BCUT2D eigenvalue weighted by atomic mass is 79.9. The molecule has 1 aromatic carbocycles. The number of hydrogen-bond acceptors (Lipinski definition) is 3. The molecule has 0 N–H and O–H groups in total. The van der Waals surface area contributed by atoms with Crippen LogP contribution in [0.3, 0.4) is 0 Å². The number of carbonyl (C=O) groups is 2. The van der Waals surface area contributed by atoms with E-state index in [1.54, 1.807) is 0 Å². The number of amides is 2. The molecule has 2 amide bonds. The van der Waals surface area contributed by atoms with Crippen molar-refractivity contribution in [1.29, 1.82) is 0 Å². The molecule has 1 aromatic rings. The van der Waals surface area contributed by atoms with Crippen LogP contribution in [0, 0.1) is 0 Å². The van der Waals surface area contributed by atoms with Crippen LogP contribution < -0.4 is 0 Å². The van der Waals surface area contributed by atoms with Gasteiger partial charge in [-0.2, -0.15) is 0 Å². The Labute approximate surface area is 108 Å². The van der Waals surface area contributed by atoms with Crippen molar-refractivity contribution < 1.29 is 14.3 Å². The van der Waals surface area contributed by atoms with Gasteiger partial charge in [0.1, 0.15) is 6.61 Å². The number of ether oxygens (including phenoxy) is 1. The van der Waals surface area contributed by atoms with E-state index in [1.807, 2.05) is 24.3 Å². The van der Waals surface area contributed by atoms with Crippen molar-refractivity contribution in [2.45, 2.75) is 19.4 Å². The van der Waals surface area contributed by atoms with E-state index in [0.717, 1.165) is 10.0 Å². The summed E-state index contributed by atoms with van der Waals surface area (Å²) in [7, 11) is 0. The van der Waals surface area contributed by atoms with E-state index in [4.69, 9.17) is 4.74 Å². The lowest BCUT2D eigenvalue weighted by atomic mass is 10.1. The first kappa shape index (κ1) is 12.1. The van der Waals surface area contributed by atoms with Crippen LogP contribution in [0.1, 0.15) is 12.5 Å². The van der Waals surface area contributed by atoms with Crippen molar-refractivity contribution in [1.82, 2.24) is 4.90 Å². The molecule has 0 aliphatic carbocycles. The maximum absolute atomic E-state index is 11.4. The molecule has 2 rings (SSSR count). The van der Waals surface area contributed by atoms with E-state index < -0.39 is 6.09 Å². The summed E-state index contributed by atoms with van der Waals surface area (Å²) in [4.78, 5) is 23.9. The lowest BCUT2D eigenvalue weighted by Gasteiger charge is -2.17. The SMILES string of the molecule is CC(=O)N1C(=O)OCC1Cc1cccc(Br)c1. The third-order valence-electron chi connectivity index (χ3n) is 2.66. The molecule has 0 aromatic heterocycles. The lowest BCUT2D eigenvalue weighted by molar-refractivity contribution is -0.126. The zero-order valence-corrected chi connectivity index (χ0v) is 10.9. The quantitative estimate of drug-likeness (QED) is 0.842. The Morgan fingerprint density at radius 2 is 2.35 bits per heavy atom. The fourth-order valence-electron chi connectivity index (χ4n) is 1.93. The van der Waals surface area contributed by atoms with Crippen molar-refractivity contribution in [2.24, 2.45) is 0 Å². The van der Waals surface area contributed by atoms with E-state index in [-0.39, 0.29) is 18.6 Å². The smallest absolute Gasteiger partial charge is 0.416 e. The van der Waals surface area contributed by atoms with Crippen LogP contribution in [0.15, 0.2) is 28.7 Å². The molecule has 0 spiro atoms. The molecule has 1 fully saturated rings. The first-order valence-corrected chi connectivity index (χ1v) is 6.08. The zero-order valence-electron chi connectivity index (χ0n) is 9.35. The fraction of sp³-hybridized carbons (Fsp3) is 0.333. The summed E-state index contributed by atoms with van der Waals surface area (Å²) in [6.07, 6.45) is 0.0718. The van der Waals surface area contributed by atoms with Gasteiger partial charge in [0.15, 0.2) is 0 Å². The number of carbonyl (C=O) groups excluding carboxylic acids is 2. The molecule has 0 bridgehead atoms. The van der Waals surface area contributed by atoms with Gasteiger partial charge in [0.05, 0.1) is 6.04 Å². The Bertz CT molecular complexity index is 461. The molecule has 5 heteroatoms. The van der Waals surface area contributed by atoms with E-state index in [0.29, 0.717) is 6.42 Å². The number of hydrogen-bond donors (Lipinski definition) is 0. The summed E-state index contributed by atoms with van der Waals surface area (Å²) in [5, 5.41) is 0. The monoisotopic (exact) mass is 297 g/mol. The number of imide groups is 1. The minimum Gasteiger partial charge on any atom is -0.447 e. The van der Waals surface area contributed by atoms with Gasteiger partial charge in [-0.25, -0.2) is 9.69 Å². The van der Waals surface area contributed by atoms with E-state index >= 15 is 0 Å². The lowest BCUT2D eigenvalue weighted by Crippen LogP contribution is -2.38. The van der Waals surface area contributed by atoms with Gasteiger partial charge in [0, 0.05) is 11.4 Å². The second-order valence-corrected chi connectivity index (χ2v) is 4.87. The Kier molecular flexibility index (Phi) is 3.47. The van der Waals surface area contributed by atoms with Crippen molar-refractivity contribution in [2.75, 3.05) is 6.61 Å². The molecule has 1 heterocycles. The summed E-state index contributed by atoms with van der Waals surface area (Å²) < 4.78 is 5.88. The molecule has 0 saturated carbocycles. The standard InChI is InChI=1S/C12H12BrNO3/c1-8(15)14-11(7-17-12(14)16)6-9-3-2-4-10(13)5-9/h2-5,11H,6-7H2,1H3. The zero-order chi connectivity index (χ0) is 12.4. The fourth-order valence-corrected chi connectivity index (χ4v) is 2.38. The van der Waals surface area contributed by atoms with Crippen molar-refractivity contribution >= 4 is 27.9 Å². The van der Waals surface area contributed by atoms with Gasteiger partial charge < -0.3 is 4.74 Å². The second kappa shape index (κ2) is 4.87. The summed E-state index contributed by atoms with van der Waals surface area (Å²) in [5.41, 5.74) is 1.06. The summed E-state index contributed by atoms with van der Waals surface area (Å²) in [6, 6.07) is 7.60. The molecule has 1 unspecified atom stereocenters. The van der Waals surface area contributed by atoms with Crippen LogP contribution in [-0.2, 0) is 16.0 Å². The number of halogens is 1. The molecule has 0 radical (unpaired) electrons. The minimum absolute atomic E-state index is 0.200. The van der Waals surface area contributed by atoms with E-state index in [9.17, 15) is 9.59 Å². The maximum atomic E-state index is 11.4. The van der Waals surface area contributed by atoms with Gasteiger partial charge in [-0.15, -0.1) is 0 Å². The summed E-state index contributed by atoms with van der Waals surface area (Å²) in [5.74, 6) is -0.271. The van der Waals surface area contributed by atoms with Crippen molar-refractivity contribution in [3.05, 3.63) is 34.3 Å². The Hall–Kier alpha value is -1.36. The predicted molar refractivity (Wildman–Crippen MR) is 65.5 cm³/mol. The van der Waals surface area contributed by atoms with Gasteiger partial charge in [0.2, 0.25) is 5.91 Å². The van der Waals surface area contributed by atoms with Gasteiger partial charge >= 0.3 is 6.09 Å². The topological polar surface area (TPSA) is 46.6 Å². The van der Waals surface area contributed by atoms with Gasteiger partial charge in [0.25, 0.3) is 0 Å². The molecule has 4 nitrogen and oxygen atoms in total. The Morgan fingerprint density at radius 3 is 3.00 bits per heavy atom. The third-order valence-corrected chi connectivity index (χ3v) is 3.15. The van der Waals surface area contributed by atoms with Crippen LogP contribution in [0.5, 0.6) is 0 Å². The average Bonchev–Trinajstić information content (AvgIpc) is 2.59. The highest BCUT2D eigenvalue weighted by Crippen LogP contribution is 2.19. The number of benzene rings is 1. The maximum Gasteiger partial charge on any atom is 0.416 e. The van der Waals surface area contributed by atoms with Gasteiger partial charge in [-0.1, -0.05) is 28.1 Å². The highest BCUT2D eigenvalue weighted by molar-refractivity contribution is 9.10. The van der Waals surface area contributed by atoms with Crippen LogP contribution in [0.4, 0.5) is 4.79 Å². The first-order chi connectivity index (χ1) is 8.08. The number of rotatable bonds is 2. The van der Waals surface area contributed by atoms with Crippen LogP contribution in [0.25, 0.3) is 0 Å². The predicted octanol–water partition coefficient (Wildman–Crippen LogP) is 2.36. The van der Waals surface area contributed by atoms with Crippen LogP contribution in [0.2, 0.25) is 0 Å². The average molecular weight is 298 g/mol.